The van der Waals surface area contributed by atoms with Crippen molar-refractivity contribution >= 4 is 10.0 Å². The summed E-state index contributed by atoms with van der Waals surface area (Å²) in [4.78, 5) is 8.26. The molecular weight excluding hydrogens is 328 g/mol. The molecule has 1 atom stereocenters. The molecular formula is C16H22N4O3S. The van der Waals surface area contributed by atoms with Crippen LogP contribution in [-0.4, -0.2) is 46.5 Å². The Labute approximate surface area is 142 Å². The Morgan fingerprint density at radius 3 is 2.71 bits per heavy atom. The van der Waals surface area contributed by atoms with E-state index in [0.29, 0.717) is 25.4 Å². The Bertz CT molecular complexity index is 799. The van der Waals surface area contributed by atoms with Gasteiger partial charge in [0.05, 0.1) is 12.9 Å². The van der Waals surface area contributed by atoms with Gasteiger partial charge in [-0.2, -0.15) is 4.31 Å². The molecule has 3 heterocycles. The van der Waals surface area contributed by atoms with Crippen molar-refractivity contribution in [1.82, 2.24) is 18.8 Å². The van der Waals surface area contributed by atoms with E-state index in [4.69, 9.17) is 4.74 Å². The molecule has 24 heavy (non-hydrogen) atoms. The quantitative estimate of drug-likeness (QED) is 0.824. The molecule has 0 saturated carbocycles. The topological polar surface area (TPSA) is 77.3 Å². The van der Waals surface area contributed by atoms with E-state index in [1.54, 1.807) is 29.4 Å². The summed E-state index contributed by atoms with van der Waals surface area (Å²) >= 11 is 0. The summed E-state index contributed by atoms with van der Waals surface area (Å²) in [5.74, 6) is 0.522. The van der Waals surface area contributed by atoms with Crippen molar-refractivity contribution in [3.05, 3.63) is 36.4 Å². The second-order valence-electron chi connectivity index (χ2n) is 6.32. The fourth-order valence-corrected chi connectivity index (χ4v) is 3.98. The normalized spacial score (nSPS) is 19.1. The summed E-state index contributed by atoms with van der Waals surface area (Å²) in [5.41, 5.74) is 1.05. The van der Waals surface area contributed by atoms with E-state index >= 15 is 0 Å². The Kier molecular flexibility index (Phi) is 4.60. The molecule has 2 aromatic rings. The molecule has 2 aromatic heterocycles. The lowest BCUT2D eigenvalue weighted by atomic mass is 10.3. The third-order valence-corrected chi connectivity index (χ3v) is 5.81. The largest absolute Gasteiger partial charge is 0.473 e. The maximum absolute atomic E-state index is 12.7. The summed E-state index contributed by atoms with van der Waals surface area (Å²) < 4.78 is 34.4. The van der Waals surface area contributed by atoms with Gasteiger partial charge in [0.15, 0.2) is 5.03 Å². The minimum atomic E-state index is -3.58. The average Bonchev–Trinajstić information content (AvgIpc) is 3.19. The first-order valence-electron chi connectivity index (χ1n) is 7.99. The highest BCUT2D eigenvalue weighted by atomic mass is 32.2. The highest BCUT2D eigenvalue weighted by molar-refractivity contribution is 7.89. The highest BCUT2D eigenvalue weighted by Crippen LogP contribution is 2.23. The van der Waals surface area contributed by atoms with Crippen LogP contribution in [0.5, 0.6) is 5.88 Å². The molecule has 0 amide bonds. The van der Waals surface area contributed by atoms with Gasteiger partial charge < -0.3 is 9.30 Å². The number of rotatable bonds is 5. The SMILES string of the molecule is Cc1ccc(OC2CCN(S(=O)(=O)c3cn(C(C)C)cn3)C2)nc1. The summed E-state index contributed by atoms with van der Waals surface area (Å²) in [7, 11) is -3.58. The summed E-state index contributed by atoms with van der Waals surface area (Å²) in [6, 6.07) is 3.89. The Morgan fingerprint density at radius 2 is 2.08 bits per heavy atom. The standard InChI is InChI=1S/C16H22N4O3S/c1-12(2)19-10-16(18-11-19)24(21,22)20-7-6-14(9-20)23-15-5-4-13(3)8-17-15/h4-5,8,10-12,14H,6-7,9H2,1-3H3. The van der Waals surface area contributed by atoms with Gasteiger partial charge in [-0.05, 0) is 32.8 Å². The lowest BCUT2D eigenvalue weighted by Crippen LogP contribution is -2.31. The second-order valence-corrected chi connectivity index (χ2v) is 8.20. The van der Waals surface area contributed by atoms with E-state index in [1.807, 2.05) is 26.8 Å². The van der Waals surface area contributed by atoms with Crippen LogP contribution in [-0.2, 0) is 10.0 Å². The zero-order valence-corrected chi connectivity index (χ0v) is 14.9. The molecule has 1 fully saturated rings. The number of hydrogen-bond donors (Lipinski definition) is 0. The minimum Gasteiger partial charge on any atom is -0.473 e. The van der Waals surface area contributed by atoms with Gasteiger partial charge in [-0.3, -0.25) is 0 Å². The van der Waals surface area contributed by atoms with Gasteiger partial charge in [-0.15, -0.1) is 0 Å². The van der Waals surface area contributed by atoms with Crippen LogP contribution < -0.4 is 4.74 Å². The Morgan fingerprint density at radius 1 is 1.29 bits per heavy atom. The molecule has 130 valence electrons. The molecule has 3 rings (SSSR count). The van der Waals surface area contributed by atoms with Crippen molar-refractivity contribution in [3.63, 3.8) is 0 Å². The van der Waals surface area contributed by atoms with Crippen LogP contribution in [0.1, 0.15) is 31.9 Å². The van der Waals surface area contributed by atoms with E-state index in [2.05, 4.69) is 9.97 Å². The van der Waals surface area contributed by atoms with Gasteiger partial charge in [0.1, 0.15) is 6.10 Å². The number of pyridine rings is 1. The van der Waals surface area contributed by atoms with Crippen molar-refractivity contribution in [3.8, 4) is 5.88 Å². The Hall–Kier alpha value is -1.93. The van der Waals surface area contributed by atoms with Gasteiger partial charge in [-0.1, -0.05) is 6.07 Å². The third kappa shape index (κ3) is 3.44. The smallest absolute Gasteiger partial charge is 0.262 e. The van der Waals surface area contributed by atoms with E-state index in [9.17, 15) is 8.42 Å². The molecule has 0 aliphatic carbocycles. The fraction of sp³-hybridized carbons (Fsp3) is 0.500. The van der Waals surface area contributed by atoms with Gasteiger partial charge in [0.25, 0.3) is 10.0 Å². The van der Waals surface area contributed by atoms with Crippen molar-refractivity contribution in [1.29, 1.82) is 0 Å². The number of nitrogens with zero attached hydrogens (tertiary/aromatic N) is 4. The maximum Gasteiger partial charge on any atom is 0.262 e. The molecule has 8 heteroatoms. The predicted molar refractivity (Wildman–Crippen MR) is 89.4 cm³/mol. The monoisotopic (exact) mass is 350 g/mol. The van der Waals surface area contributed by atoms with Crippen LogP contribution in [0, 0.1) is 6.92 Å². The van der Waals surface area contributed by atoms with Crippen LogP contribution in [0.25, 0.3) is 0 Å². The third-order valence-electron chi connectivity index (χ3n) is 4.06. The molecule has 0 spiro atoms. The van der Waals surface area contributed by atoms with Crippen molar-refractivity contribution in [2.45, 2.75) is 44.4 Å². The van der Waals surface area contributed by atoms with Crippen LogP contribution in [0.3, 0.4) is 0 Å². The number of aryl methyl sites for hydroxylation is 1. The molecule has 7 nitrogen and oxygen atoms in total. The molecule has 0 N–H and O–H groups in total. The van der Waals surface area contributed by atoms with Gasteiger partial charge in [0.2, 0.25) is 5.88 Å². The predicted octanol–water partition coefficient (Wildman–Crippen LogP) is 2.01. The number of hydrogen-bond acceptors (Lipinski definition) is 5. The molecule has 1 aliphatic rings. The molecule has 1 unspecified atom stereocenters. The lowest BCUT2D eigenvalue weighted by molar-refractivity contribution is 0.207. The number of ether oxygens (including phenoxy) is 1. The minimum absolute atomic E-state index is 0.0883. The van der Waals surface area contributed by atoms with Crippen molar-refractivity contribution in [2.24, 2.45) is 0 Å². The summed E-state index contributed by atoms with van der Waals surface area (Å²) in [5, 5.41) is 0.0883. The average molecular weight is 350 g/mol. The van der Waals surface area contributed by atoms with Crippen LogP contribution in [0.2, 0.25) is 0 Å². The molecule has 1 aliphatic heterocycles. The first kappa shape index (κ1) is 16.9. The van der Waals surface area contributed by atoms with Crippen molar-refractivity contribution in [2.75, 3.05) is 13.1 Å². The summed E-state index contributed by atoms with van der Waals surface area (Å²) in [6.07, 6.45) is 5.31. The van der Waals surface area contributed by atoms with Gasteiger partial charge in [-0.25, -0.2) is 18.4 Å². The first-order valence-corrected chi connectivity index (χ1v) is 9.43. The van der Waals surface area contributed by atoms with Crippen LogP contribution >= 0.6 is 0 Å². The fourth-order valence-electron chi connectivity index (χ4n) is 2.57. The zero-order chi connectivity index (χ0) is 17.3. The van der Waals surface area contributed by atoms with Gasteiger partial charge in [0, 0.05) is 31.0 Å². The van der Waals surface area contributed by atoms with E-state index in [1.165, 1.54) is 4.31 Å². The number of aromatic nitrogens is 3. The second kappa shape index (κ2) is 6.52. The lowest BCUT2D eigenvalue weighted by Gasteiger charge is -2.15. The van der Waals surface area contributed by atoms with E-state index in [-0.39, 0.29) is 17.2 Å². The van der Waals surface area contributed by atoms with Crippen LogP contribution in [0.15, 0.2) is 35.9 Å². The van der Waals surface area contributed by atoms with Crippen LogP contribution in [0.4, 0.5) is 0 Å². The number of imidazole rings is 1. The molecule has 0 bridgehead atoms. The Balaban J connectivity index is 1.68. The van der Waals surface area contributed by atoms with Crippen molar-refractivity contribution < 1.29 is 13.2 Å². The molecule has 0 aromatic carbocycles. The van der Waals surface area contributed by atoms with Gasteiger partial charge >= 0.3 is 0 Å². The summed E-state index contributed by atoms with van der Waals surface area (Å²) in [6.45, 7) is 6.65. The highest BCUT2D eigenvalue weighted by Gasteiger charge is 2.35. The first-order chi connectivity index (χ1) is 11.4. The van der Waals surface area contributed by atoms with E-state index in [0.717, 1.165) is 5.56 Å². The molecule has 1 saturated heterocycles. The molecule has 0 radical (unpaired) electrons. The zero-order valence-electron chi connectivity index (χ0n) is 14.1. The van der Waals surface area contributed by atoms with E-state index < -0.39 is 10.0 Å². The maximum atomic E-state index is 12.7. The number of sulfonamides is 1.